The van der Waals surface area contributed by atoms with Gasteiger partial charge in [-0.2, -0.15) is 5.26 Å². The highest BCUT2D eigenvalue weighted by Gasteiger charge is 2.17. The molecule has 18 heavy (non-hydrogen) atoms. The molecule has 0 unspecified atom stereocenters. The van der Waals surface area contributed by atoms with Gasteiger partial charge in [0.05, 0.1) is 0 Å². The van der Waals surface area contributed by atoms with Crippen LogP contribution in [0.2, 0.25) is 0 Å². The number of carbonyl (C=O) groups is 1. The maximum Gasteiger partial charge on any atom is 0.278 e. The van der Waals surface area contributed by atoms with Crippen LogP contribution in [-0.2, 0) is 0 Å². The Labute approximate surface area is 104 Å². The third kappa shape index (κ3) is 2.23. The van der Waals surface area contributed by atoms with Crippen LogP contribution in [0.4, 0.5) is 5.88 Å². The number of aryl methyl sites for hydroxylation is 1. The summed E-state index contributed by atoms with van der Waals surface area (Å²) in [6.45, 7) is 1.80. The van der Waals surface area contributed by atoms with Crippen molar-refractivity contribution in [3.8, 4) is 6.07 Å². The summed E-state index contributed by atoms with van der Waals surface area (Å²) in [4.78, 5) is 17.4. The van der Waals surface area contributed by atoms with Gasteiger partial charge in [-0.3, -0.25) is 9.69 Å². The van der Waals surface area contributed by atoms with E-state index in [1.807, 2.05) is 6.07 Å². The average molecular weight is 241 g/mol. The predicted octanol–water partition coefficient (Wildman–Crippen LogP) is 2.13. The van der Waals surface area contributed by atoms with Crippen molar-refractivity contribution in [3.05, 3.63) is 47.5 Å². The van der Waals surface area contributed by atoms with E-state index in [0.717, 1.165) is 5.76 Å². The fraction of sp³-hybridized carbons (Fsp3) is 0.154. The minimum absolute atomic E-state index is 0.213. The van der Waals surface area contributed by atoms with Gasteiger partial charge in [0.25, 0.3) is 5.91 Å². The quantitative estimate of drug-likeness (QED) is 0.807. The van der Waals surface area contributed by atoms with Crippen molar-refractivity contribution < 1.29 is 9.21 Å². The van der Waals surface area contributed by atoms with Gasteiger partial charge in [-0.25, -0.2) is 4.98 Å². The van der Waals surface area contributed by atoms with Crippen LogP contribution in [0.1, 0.15) is 21.9 Å². The van der Waals surface area contributed by atoms with Crippen molar-refractivity contribution in [1.82, 2.24) is 4.98 Å². The molecule has 0 saturated carbocycles. The fourth-order valence-electron chi connectivity index (χ4n) is 1.49. The van der Waals surface area contributed by atoms with E-state index in [2.05, 4.69) is 4.98 Å². The van der Waals surface area contributed by atoms with E-state index in [4.69, 9.17) is 9.68 Å². The fourth-order valence-corrected chi connectivity index (χ4v) is 1.49. The van der Waals surface area contributed by atoms with Crippen molar-refractivity contribution in [2.24, 2.45) is 0 Å². The minimum Gasteiger partial charge on any atom is -0.445 e. The zero-order valence-electron chi connectivity index (χ0n) is 10.0. The smallest absolute Gasteiger partial charge is 0.278 e. The molecule has 1 amide bonds. The summed E-state index contributed by atoms with van der Waals surface area (Å²) in [7, 11) is 1.60. The molecule has 0 aliphatic rings. The van der Waals surface area contributed by atoms with Crippen LogP contribution in [0, 0.1) is 18.3 Å². The lowest BCUT2D eigenvalue weighted by atomic mass is 10.3. The van der Waals surface area contributed by atoms with Crippen molar-refractivity contribution in [2.45, 2.75) is 6.92 Å². The molecule has 2 aromatic heterocycles. The lowest BCUT2D eigenvalue weighted by molar-refractivity contribution is 0.0984. The Morgan fingerprint density at radius 3 is 2.78 bits per heavy atom. The Kier molecular flexibility index (Phi) is 3.11. The van der Waals surface area contributed by atoms with Gasteiger partial charge in [-0.1, -0.05) is 6.07 Å². The van der Waals surface area contributed by atoms with Gasteiger partial charge >= 0.3 is 0 Å². The summed E-state index contributed by atoms with van der Waals surface area (Å²) >= 11 is 0. The molecular formula is C13H11N3O2. The molecule has 2 aromatic rings. The Morgan fingerprint density at radius 2 is 2.17 bits per heavy atom. The van der Waals surface area contributed by atoms with Crippen LogP contribution in [0.15, 0.2) is 34.7 Å². The predicted molar refractivity (Wildman–Crippen MR) is 65.1 cm³/mol. The van der Waals surface area contributed by atoms with E-state index in [1.165, 1.54) is 4.90 Å². The van der Waals surface area contributed by atoms with Crippen molar-refractivity contribution in [3.63, 3.8) is 0 Å². The maximum absolute atomic E-state index is 12.1. The molecule has 0 spiro atoms. The molecule has 2 rings (SSSR count). The molecule has 0 aliphatic heterocycles. The second-order valence-corrected chi connectivity index (χ2v) is 3.77. The second kappa shape index (κ2) is 4.72. The average Bonchev–Trinajstić information content (AvgIpc) is 2.83. The first-order valence-electron chi connectivity index (χ1n) is 5.33. The Morgan fingerprint density at radius 1 is 1.39 bits per heavy atom. The molecule has 5 heteroatoms. The molecule has 0 radical (unpaired) electrons. The van der Waals surface area contributed by atoms with Crippen LogP contribution >= 0.6 is 0 Å². The number of carbonyl (C=O) groups excluding carboxylic acids is 1. The molecule has 0 aliphatic carbocycles. The SMILES string of the molecule is Cc1ccc(N(C)C(=O)c2cccc(C#N)n2)o1. The molecule has 0 fully saturated rings. The molecule has 0 saturated heterocycles. The highest BCUT2D eigenvalue weighted by Crippen LogP contribution is 2.18. The molecule has 0 bridgehead atoms. The van der Waals surface area contributed by atoms with Gasteiger partial charge < -0.3 is 4.42 Å². The van der Waals surface area contributed by atoms with E-state index >= 15 is 0 Å². The topological polar surface area (TPSA) is 70.1 Å². The Hall–Kier alpha value is -2.61. The lowest BCUT2D eigenvalue weighted by Gasteiger charge is -2.13. The number of rotatable bonds is 2. The number of pyridine rings is 1. The summed E-state index contributed by atoms with van der Waals surface area (Å²) in [6, 6.07) is 10.1. The Bertz CT molecular complexity index is 625. The van der Waals surface area contributed by atoms with Crippen LogP contribution in [0.25, 0.3) is 0 Å². The molecule has 5 nitrogen and oxygen atoms in total. The summed E-state index contributed by atoms with van der Waals surface area (Å²) < 4.78 is 5.36. The normalized spacial score (nSPS) is 9.83. The second-order valence-electron chi connectivity index (χ2n) is 3.77. The molecule has 90 valence electrons. The number of hydrogen-bond donors (Lipinski definition) is 0. The van der Waals surface area contributed by atoms with Gasteiger partial charge in [0.1, 0.15) is 23.2 Å². The monoisotopic (exact) mass is 241 g/mol. The van der Waals surface area contributed by atoms with Gasteiger partial charge in [-0.05, 0) is 25.1 Å². The molecule has 2 heterocycles. The number of nitrogens with zero attached hydrogens (tertiary/aromatic N) is 3. The number of nitriles is 1. The highest BCUT2D eigenvalue weighted by molar-refractivity contribution is 6.03. The largest absolute Gasteiger partial charge is 0.445 e. The van der Waals surface area contributed by atoms with Crippen LogP contribution < -0.4 is 4.90 Å². The lowest BCUT2D eigenvalue weighted by Crippen LogP contribution is -2.26. The van der Waals surface area contributed by atoms with Crippen LogP contribution in [-0.4, -0.2) is 17.9 Å². The first-order valence-corrected chi connectivity index (χ1v) is 5.33. The minimum atomic E-state index is -0.318. The summed E-state index contributed by atoms with van der Waals surface area (Å²) in [6.07, 6.45) is 0. The van der Waals surface area contributed by atoms with Crippen LogP contribution in [0.5, 0.6) is 0 Å². The zero-order chi connectivity index (χ0) is 13.1. The van der Waals surface area contributed by atoms with Gasteiger partial charge in [0.15, 0.2) is 0 Å². The maximum atomic E-state index is 12.1. The standard InChI is InChI=1S/C13H11N3O2/c1-9-6-7-12(18-9)16(2)13(17)11-5-3-4-10(8-14)15-11/h3-7H,1-2H3. The number of aromatic nitrogens is 1. The van der Waals surface area contributed by atoms with E-state index in [-0.39, 0.29) is 17.3 Å². The third-order valence-electron chi connectivity index (χ3n) is 2.44. The number of amides is 1. The van der Waals surface area contributed by atoms with E-state index in [9.17, 15) is 4.79 Å². The third-order valence-corrected chi connectivity index (χ3v) is 2.44. The number of furan rings is 1. The summed E-state index contributed by atoms with van der Waals surface area (Å²) in [5.41, 5.74) is 0.426. The molecule has 0 aromatic carbocycles. The molecule has 0 N–H and O–H groups in total. The highest BCUT2D eigenvalue weighted by atomic mass is 16.4. The van der Waals surface area contributed by atoms with Crippen molar-refractivity contribution >= 4 is 11.8 Å². The Balaban J connectivity index is 2.28. The first-order chi connectivity index (χ1) is 8.61. The van der Waals surface area contributed by atoms with Gasteiger partial charge in [0.2, 0.25) is 5.88 Å². The van der Waals surface area contributed by atoms with E-state index < -0.39 is 0 Å². The van der Waals surface area contributed by atoms with E-state index in [0.29, 0.717) is 5.88 Å². The van der Waals surface area contributed by atoms with Crippen LogP contribution in [0.3, 0.4) is 0 Å². The van der Waals surface area contributed by atoms with Crippen molar-refractivity contribution in [2.75, 3.05) is 11.9 Å². The first kappa shape index (κ1) is 11.9. The van der Waals surface area contributed by atoms with E-state index in [1.54, 1.807) is 44.3 Å². The summed E-state index contributed by atoms with van der Waals surface area (Å²) in [5.74, 6) is 0.853. The summed E-state index contributed by atoms with van der Waals surface area (Å²) in [5, 5.41) is 8.75. The van der Waals surface area contributed by atoms with Crippen molar-refractivity contribution in [1.29, 1.82) is 5.26 Å². The molecular weight excluding hydrogens is 230 g/mol. The molecule has 0 atom stereocenters. The zero-order valence-corrected chi connectivity index (χ0v) is 10.0. The van der Waals surface area contributed by atoms with Gasteiger partial charge in [0, 0.05) is 13.1 Å². The van der Waals surface area contributed by atoms with Gasteiger partial charge in [-0.15, -0.1) is 0 Å². The number of anilines is 1. The number of hydrogen-bond acceptors (Lipinski definition) is 4.